The molecule has 1 fully saturated rings. The molecule has 0 saturated carbocycles. The number of rotatable bonds is 3. The van der Waals surface area contributed by atoms with Gasteiger partial charge in [-0.05, 0) is 33.1 Å². The van der Waals surface area contributed by atoms with Crippen molar-refractivity contribution >= 4 is 29.0 Å². The average Bonchev–Trinajstić information content (AvgIpc) is 3.32. The third-order valence-electron chi connectivity index (χ3n) is 5.66. The molecule has 9 heteroatoms. The van der Waals surface area contributed by atoms with Gasteiger partial charge < -0.3 is 15.1 Å². The zero-order valence-corrected chi connectivity index (χ0v) is 18.1. The number of carbonyl (C=O) groups excluding carboxylic acids is 2. The molecule has 2 aromatic rings. The van der Waals surface area contributed by atoms with Gasteiger partial charge in [0.25, 0.3) is 5.91 Å². The highest BCUT2D eigenvalue weighted by Gasteiger charge is 2.33. The summed E-state index contributed by atoms with van der Waals surface area (Å²) in [5.41, 5.74) is 2.71. The molecule has 0 bridgehead atoms. The summed E-state index contributed by atoms with van der Waals surface area (Å²) in [5.74, 6) is 1.53. The highest BCUT2D eigenvalue weighted by atomic mass is 32.1. The molecule has 4 heterocycles. The fourth-order valence-corrected chi connectivity index (χ4v) is 5.15. The fraction of sp³-hybridized carbons (Fsp3) is 0.550. The van der Waals surface area contributed by atoms with Gasteiger partial charge >= 0.3 is 0 Å². The minimum absolute atomic E-state index is 0.0103. The van der Waals surface area contributed by atoms with Crippen LogP contribution in [0.3, 0.4) is 0 Å². The van der Waals surface area contributed by atoms with E-state index in [-0.39, 0.29) is 17.9 Å². The predicted octanol–water partition coefficient (Wildman–Crippen LogP) is 2.47. The normalized spacial score (nSPS) is 18.7. The van der Waals surface area contributed by atoms with Crippen molar-refractivity contribution in [1.82, 2.24) is 24.8 Å². The molecule has 2 aliphatic heterocycles. The molecular weight excluding hydrogens is 388 g/mol. The van der Waals surface area contributed by atoms with Crippen LogP contribution in [0.4, 0.5) is 5.82 Å². The molecule has 2 aliphatic rings. The molecule has 1 saturated heterocycles. The lowest BCUT2D eigenvalue weighted by Gasteiger charge is -2.30. The van der Waals surface area contributed by atoms with Crippen LogP contribution in [-0.2, 0) is 17.8 Å². The maximum Gasteiger partial charge on any atom is 0.266 e. The number of anilines is 1. The van der Waals surface area contributed by atoms with Crippen LogP contribution < -0.4 is 5.32 Å². The number of nitrogens with one attached hydrogen (secondary N) is 1. The SMILES string of the molecule is CNc1nc([C@H]2CCCN2C(C)=O)nc2c1CCN(C(=O)c1sc(C)nc1C)C2. The molecular formula is C20H26N6O2S. The van der Waals surface area contributed by atoms with Gasteiger partial charge in [0.05, 0.1) is 29.0 Å². The van der Waals surface area contributed by atoms with Gasteiger partial charge in [-0.3, -0.25) is 9.59 Å². The third kappa shape index (κ3) is 3.59. The van der Waals surface area contributed by atoms with Crippen molar-refractivity contribution < 1.29 is 9.59 Å². The monoisotopic (exact) mass is 414 g/mol. The van der Waals surface area contributed by atoms with E-state index in [2.05, 4.69) is 10.3 Å². The molecule has 1 atom stereocenters. The third-order valence-corrected chi connectivity index (χ3v) is 6.72. The molecule has 0 aliphatic carbocycles. The number of nitrogens with zero attached hydrogens (tertiary/aromatic N) is 5. The molecule has 0 spiro atoms. The van der Waals surface area contributed by atoms with E-state index < -0.39 is 0 Å². The summed E-state index contributed by atoms with van der Waals surface area (Å²) in [7, 11) is 1.85. The summed E-state index contributed by atoms with van der Waals surface area (Å²) >= 11 is 1.44. The maximum atomic E-state index is 13.1. The molecule has 8 nitrogen and oxygen atoms in total. The zero-order chi connectivity index (χ0) is 20.7. The Morgan fingerprint density at radius 1 is 1.17 bits per heavy atom. The molecule has 0 radical (unpaired) electrons. The second-order valence-corrected chi connectivity index (χ2v) is 8.80. The fourth-order valence-electron chi connectivity index (χ4n) is 4.26. The molecule has 2 aromatic heterocycles. The summed E-state index contributed by atoms with van der Waals surface area (Å²) in [6.45, 7) is 7.20. The van der Waals surface area contributed by atoms with E-state index in [4.69, 9.17) is 9.97 Å². The van der Waals surface area contributed by atoms with Crippen LogP contribution in [0.25, 0.3) is 0 Å². The maximum absolute atomic E-state index is 13.1. The Bertz CT molecular complexity index is 972. The van der Waals surface area contributed by atoms with Crippen molar-refractivity contribution in [2.75, 3.05) is 25.5 Å². The number of hydrogen-bond acceptors (Lipinski definition) is 7. The summed E-state index contributed by atoms with van der Waals surface area (Å²) in [6.07, 6.45) is 2.52. The molecule has 0 unspecified atom stereocenters. The number of hydrogen-bond donors (Lipinski definition) is 1. The molecule has 29 heavy (non-hydrogen) atoms. The van der Waals surface area contributed by atoms with Crippen molar-refractivity contribution in [1.29, 1.82) is 0 Å². The smallest absolute Gasteiger partial charge is 0.266 e. The van der Waals surface area contributed by atoms with Gasteiger partial charge in [0.15, 0.2) is 5.82 Å². The lowest BCUT2D eigenvalue weighted by atomic mass is 10.0. The second kappa shape index (κ2) is 7.70. The van der Waals surface area contributed by atoms with Gasteiger partial charge in [0.1, 0.15) is 10.7 Å². The van der Waals surface area contributed by atoms with Crippen molar-refractivity contribution in [2.45, 2.75) is 52.6 Å². The van der Waals surface area contributed by atoms with E-state index in [1.807, 2.05) is 30.7 Å². The molecule has 2 amide bonds. The van der Waals surface area contributed by atoms with E-state index in [0.29, 0.717) is 30.2 Å². The minimum atomic E-state index is -0.0950. The number of aryl methyl sites for hydroxylation is 2. The predicted molar refractivity (Wildman–Crippen MR) is 111 cm³/mol. The van der Waals surface area contributed by atoms with E-state index in [1.54, 1.807) is 6.92 Å². The Hall–Kier alpha value is -2.55. The summed E-state index contributed by atoms with van der Waals surface area (Å²) in [4.78, 5) is 43.4. The summed E-state index contributed by atoms with van der Waals surface area (Å²) in [6, 6.07) is -0.0950. The first kappa shape index (κ1) is 19.8. The Labute approximate surface area is 174 Å². The van der Waals surface area contributed by atoms with Gasteiger partial charge in [0, 0.05) is 32.6 Å². The topological polar surface area (TPSA) is 91.3 Å². The minimum Gasteiger partial charge on any atom is -0.373 e. The van der Waals surface area contributed by atoms with Gasteiger partial charge in [-0.1, -0.05) is 0 Å². The van der Waals surface area contributed by atoms with E-state index >= 15 is 0 Å². The van der Waals surface area contributed by atoms with Gasteiger partial charge in [-0.15, -0.1) is 11.3 Å². The van der Waals surface area contributed by atoms with E-state index in [9.17, 15) is 9.59 Å². The Balaban J connectivity index is 1.65. The second-order valence-electron chi connectivity index (χ2n) is 7.60. The van der Waals surface area contributed by atoms with Crippen LogP contribution >= 0.6 is 11.3 Å². The molecule has 154 valence electrons. The van der Waals surface area contributed by atoms with Crippen LogP contribution in [-0.4, -0.2) is 56.7 Å². The Kier molecular flexibility index (Phi) is 5.24. The molecule has 4 rings (SSSR count). The largest absolute Gasteiger partial charge is 0.373 e. The molecule has 1 N–H and O–H groups in total. The Morgan fingerprint density at radius 2 is 1.97 bits per heavy atom. The number of carbonyl (C=O) groups is 2. The first-order chi connectivity index (χ1) is 13.9. The van der Waals surface area contributed by atoms with Crippen LogP contribution in [0.15, 0.2) is 0 Å². The van der Waals surface area contributed by atoms with E-state index in [1.165, 1.54) is 11.3 Å². The van der Waals surface area contributed by atoms with Crippen LogP contribution in [0.1, 0.15) is 63.3 Å². The van der Waals surface area contributed by atoms with Crippen LogP contribution in [0.5, 0.6) is 0 Å². The summed E-state index contributed by atoms with van der Waals surface area (Å²) < 4.78 is 0. The van der Waals surface area contributed by atoms with Crippen molar-refractivity contribution in [3.63, 3.8) is 0 Å². The Morgan fingerprint density at radius 3 is 2.62 bits per heavy atom. The van der Waals surface area contributed by atoms with Crippen molar-refractivity contribution in [3.05, 3.63) is 32.7 Å². The average molecular weight is 415 g/mol. The number of thiazole rings is 1. The standard InChI is InChI=1S/C20H26N6O2S/c1-11-17(29-12(2)22-11)20(28)25-9-7-14-15(10-25)23-19(24-18(14)21-4)16-6-5-8-26(16)13(3)27/h16H,5-10H2,1-4H3,(H,21,23,24)/t16-/m1/s1. The quantitative estimate of drug-likeness (QED) is 0.830. The van der Waals surface area contributed by atoms with Crippen LogP contribution in [0.2, 0.25) is 0 Å². The van der Waals surface area contributed by atoms with Crippen molar-refractivity contribution in [2.24, 2.45) is 0 Å². The van der Waals surface area contributed by atoms with Gasteiger partial charge in [-0.2, -0.15) is 0 Å². The number of likely N-dealkylation sites (tertiary alicyclic amines) is 1. The first-order valence-corrected chi connectivity index (χ1v) is 10.8. The number of fused-ring (bicyclic) bond motifs is 1. The first-order valence-electron chi connectivity index (χ1n) is 9.97. The number of amides is 2. The lowest BCUT2D eigenvalue weighted by Crippen LogP contribution is -2.37. The molecule has 0 aromatic carbocycles. The van der Waals surface area contributed by atoms with Crippen LogP contribution in [0, 0.1) is 13.8 Å². The summed E-state index contributed by atoms with van der Waals surface area (Å²) in [5, 5.41) is 4.08. The van der Waals surface area contributed by atoms with E-state index in [0.717, 1.165) is 47.2 Å². The van der Waals surface area contributed by atoms with Gasteiger partial charge in [-0.25, -0.2) is 15.0 Å². The number of aromatic nitrogens is 3. The highest BCUT2D eigenvalue weighted by Crippen LogP contribution is 2.33. The van der Waals surface area contributed by atoms with Gasteiger partial charge in [0.2, 0.25) is 5.91 Å². The zero-order valence-electron chi connectivity index (χ0n) is 17.3. The highest BCUT2D eigenvalue weighted by molar-refractivity contribution is 7.13. The van der Waals surface area contributed by atoms with Crippen molar-refractivity contribution in [3.8, 4) is 0 Å². The lowest BCUT2D eigenvalue weighted by molar-refractivity contribution is -0.129.